The van der Waals surface area contributed by atoms with Gasteiger partial charge < -0.3 is 9.30 Å². The molecule has 0 aliphatic heterocycles. The summed E-state index contributed by atoms with van der Waals surface area (Å²) in [5, 5.41) is 0.875. The highest BCUT2D eigenvalue weighted by atomic mass is 35.5. The zero-order valence-corrected chi connectivity index (χ0v) is 21.3. The number of aromatic nitrogens is 2. The maximum atomic E-state index is 12.7. The fraction of sp³-hybridized carbons (Fsp3) is 0.231. The molecule has 0 saturated heterocycles. The first-order valence-electron chi connectivity index (χ1n) is 11.0. The second-order valence-corrected chi connectivity index (χ2v) is 10.0. The van der Waals surface area contributed by atoms with E-state index in [2.05, 4.69) is 4.98 Å². The van der Waals surface area contributed by atoms with Crippen LogP contribution in [0, 0.1) is 0 Å². The lowest BCUT2D eigenvalue weighted by molar-refractivity contribution is 0.329. The van der Waals surface area contributed by atoms with Gasteiger partial charge in [-0.3, -0.25) is 14.1 Å². The van der Waals surface area contributed by atoms with Crippen molar-refractivity contribution in [2.45, 2.75) is 12.8 Å². The molecule has 0 saturated carbocycles. The summed E-state index contributed by atoms with van der Waals surface area (Å²) < 4.78 is 34.2. The van der Waals surface area contributed by atoms with Gasteiger partial charge in [0, 0.05) is 30.9 Å². The van der Waals surface area contributed by atoms with E-state index in [1.807, 2.05) is 54.7 Å². The molecule has 0 atom stereocenters. The molecule has 9 heteroatoms. The van der Waals surface area contributed by atoms with Crippen LogP contribution in [0.2, 0.25) is 0 Å². The summed E-state index contributed by atoms with van der Waals surface area (Å²) in [5.41, 5.74) is 3.43. The molecule has 0 radical (unpaired) electrons. The number of ether oxygens (including phenoxy) is 1. The highest BCUT2D eigenvalue weighted by molar-refractivity contribution is 7.92. The Morgan fingerprint density at radius 2 is 1.80 bits per heavy atom. The maximum Gasteiger partial charge on any atom is 0.250 e. The molecule has 0 N–H and O–H groups in total. The molecule has 0 amide bonds. The molecular formula is C26H28ClN3O4S. The monoisotopic (exact) mass is 513 g/mol. The lowest BCUT2D eigenvalue weighted by Crippen LogP contribution is -2.34. The van der Waals surface area contributed by atoms with Crippen molar-refractivity contribution in [3.63, 3.8) is 0 Å². The predicted molar refractivity (Wildman–Crippen MR) is 142 cm³/mol. The fourth-order valence-electron chi connectivity index (χ4n) is 3.95. The molecule has 35 heavy (non-hydrogen) atoms. The van der Waals surface area contributed by atoms with E-state index in [0.717, 1.165) is 28.5 Å². The van der Waals surface area contributed by atoms with E-state index < -0.39 is 10.0 Å². The van der Waals surface area contributed by atoms with Crippen molar-refractivity contribution < 1.29 is 13.2 Å². The van der Waals surface area contributed by atoms with Crippen LogP contribution in [0.4, 0.5) is 5.69 Å². The Labute approximate surface area is 211 Å². The van der Waals surface area contributed by atoms with Gasteiger partial charge in [-0.25, -0.2) is 8.42 Å². The summed E-state index contributed by atoms with van der Waals surface area (Å²) in [5.74, 6) is 0.615. The predicted octanol–water partition coefficient (Wildman–Crippen LogP) is 3.99. The molecule has 184 valence electrons. The molecule has 0 aliphatic rings. The molecule has 4 aromatic rings. The van der Waals surface area contributed by atoms with E-state index in [-0.39, 0.29) is 31.1 Å². The highest BCUT2D eigenvalue weighted by Crippen LogP contribution is 2.25. The smallest absolute Gasteiger partial charge is 0.250 e. The van der Waals surface area contributed by atoms with Gasteiger partial charge in [0.2, 0.25) is 10.0 Å². The minimum absolute atomic E-state index is 0. The molecule has 0 unspecified atom stereocenters. The van der Waals surface area contributed by atoms with Crippen molar-refractivity contribution in [1.29, 1.82) is 0 Å². The second kappa shape index (κ2) is 11.4. The van der Waals surface area contributed by atoms with Gasteiger partial charge in [-0.15, -0.1) is 12.4 Å². The number of anilines is 1. The van der Waals surface area contributed by atoms with Crippen LogP contribution in [-0.4, -0.2) is 37.4 Å². The van der Waals surface area contributed by atoms with E-state index in [1.54, 1.807) is 29.9 Å². The summed E-state index contributed by atoms with van der Waals surface area (Å²) >= 11 is 0. The van der Waals surface area contributed by atoms with E-state index in [4.69, 9.17) is 4.74 Å². The average Bonchev–Trinajstić information content (AvgIpc) is 2.83. The van der Waals surface area contributed by atoms with Crippen LogP contribution >= 0.6 is 12.4 Å². The van der Waals surface area contributed by atoms with Gasteiger partial charge in [-0.1, -0.05) is 24.3 Å². The number of hydrogen-bond donors (Lipinski definition) is 0. The third-order valence-electron chi connectivity index (χ3n) is 5.73. The van der Waals surface area contributed by atoms with Crippen molar-refractivity contribution >= 4 is 39.0 Å². The second-order valence-electron chi connectivity index (χ2n) is 8.12. The van der Waals surface area contributed by atoms with Gasteiger partial charge in [-0.05, 0) is 60.4 Å². The van der Waals surface area contributed by atoms with Gasteiger partial charge in [-0.2, -0.15) is 0 Å². The van der Waals surface area contributed by atoms with Crippen LogP contribution in [-0.2, 0) is 29.9 Å². The quantitative estimate of drug-likeness (QED) is 0.338. The van der Waals surface area contributed by atoms with Gasteiger partial charge in [0.1, 0.15) is 12.4 Å². The van der Waals surface area contributed by atoms with Gasteiger partial charge in [0.25, 0.3) is 5.56 Å². The fourth-order valence-corrected chi connectivity index (χ4v) is 4.90. The van der Waals surface area contributed by atoms with Crippen LogP contribution in [0.15, 0.2) is 83.9 Å². The zero-order chi connectivity index (χ0) is 24.1. The summed E-state index contributed by atoms with van der Waals surface area (Å²) in [7, 11) is -1.80. The molecule has 2 heterocycles. The van der Waals surface area contributed by atoms with E-state index in [1.165, 1.54) is 16.6 Å². The van der Waals surface area contributed by atoms with Gasteiger partial charge >= 0.3 is 0 Å². The Morgan fingerprint density at radius 1 is 1.00 bits per heavy atom. The average molecular weight is 514 g/mol. The third-order valence-corrected chi connectivity index (χ3v) is 6.91. The minimum atomic E-state index is -3.52. The van der Waals surface area contributed by atoms with E-state index >= 15 is 0 Å². The highest BCUT2D eigenvalue weighted by Gasteiger charge is 2.20. The lowest BCUT2D eigenvalue weighted by atomic mass is 10.0. The number of halogens is 1. The number of benzene rings is 2. The topological polar surface area (TPSA) is 81.5 Å². The summed E-state index contributed by atoms with van der Waals surface area (Å²) in [6.45, 7) is 0.356. The molecule has 0 spiro atoms. The molecule has 0 aliphatic carbocycles. The van der Waals surface area contributed by atoms with Crippen LogP contribution < -0.4 is 14.6 Å². The first-order valence-corrected chi connectivity index (χ1v) is 12.8. The molecule has 0 fully saturated rings. The van der Waals surface area contributed by atoms with Gasteiger partial charge in [0.15, 0.2) is 0 Å². The van der Waals surface area contributed by atoms with Crippen LogP contribution in [0.25, 0.3) is 10.9 Å². The Hall–Kier alpha value is -3.36. The molecule has 7 nitrogen and oxygen atoms in total. The van der Waals surface area contributed by atoms with Crippen LogP contribution in [0.3, 0.4) is 0 Å². The number of sulfonamides is 1. The zero-order valence-electron chi connectivity index (χ0n) is 19.6. The first-order chi connectivity index (χ1) is 16.3. The SMILES string of the molecule is Cl.Cn1c(=O)ccc2cc(OCCN(c3ccccc3CCc3cccnc3)S(C)(=O)=O)ccc21. The molecule has 2 aromatic heterocycles. The lowest BCUT2D eigenvalue weighted by Gasteiger charge is -2.25. The van der Waals surface area contributed by atoms with E-state index in [0.29, 0.717) is 17.9 Å². The number of para-hydroxylation sites is 1. The molecule has 2 aromatic carbocycles. The Kier molecular flexibility index (Phi) is 8.53. The maximum absolute atomic E-state index is 12.7. The van der Waals surface area contributed by atoms with Crippen molar-refractivity contribution in [3.8, 4) is 5.75 Å². The molecule has 4 rings (SSSR count). The standard InChI is InChI=1S/C26H27N3O4S.ClH/c1-28-24-13-12-23(18-22(24)11-14-26(28)30)33-17-16-29(34(2,31)32)25-8-4-3-7-21(25)10-9-20-6-5-15-27-19-20;/h3-8,11-15,18-19H,9-10,16-17H2,1-2H3;1H. The number of fused-ring (bicyclic) bond motifs is 1. The number of rotatable bonds is 9. The van der Waals surface area contributed by atoms with Crippen molar-refractivity contribution in [2.75, 3.05) is 23.7 Å². The molecular weight excluding hydrogens is 486 g/mol. The normalized spacial score (nSPS) is 11.1. The van der Waals surface area contributed by atoms with Crippen molar-refractivity contribution in [1.82, 2.24) is 9.55 Å². The summed E-state index contributed by atoms with van der Waals surface area (Å²) in [4.78, 5) is 16.0. The van der Waals surface area contributed by atoms with E-state index in [9.17, 15) is 13.2 Å². The summed E-state index contributed by atoms with van der Waals surface area (Å²) in [6, 6.07) is 20.2. The first kappa shape index (κ1) is 26.2. The number of pyridine rings is 2. The molecule has 0 bridgehead atoms. The summed E-state index contributed by atoms with van der Waals surface area (Å²) in [6.07, 6.45) is 6.23. The van der Waals surface area contributed by atoms with Crippen LogP contribution in [0.1, 0.15) is 11.1 Å². The Morgan fingerprint density at radius 3 is 2.54 bits per heavy atom. The van der Waals surface area contributed by atoms with Crippen molar-refractivity contribution in [2.24, 2.45) is 7.05 Å². The number of aryl methyl sites for hydroxylation is 3. The van der Waals surface area contributed by atoms with Crippen LogP contribution in [0.5, 0.6) is 5.75 Å². The third kappa shape index (κ3) is 6.41. The van der Waals surface area contributed by atoms with Crippen molar-refractivity contribution in [3.05, 3.63) is 101 Å². The Balaban J connectivity index is 0.00000342. The minimum Gasteiger partial charge on any atom is -0.492 e. The largest absolute Gasteiger partial charge is 0.492 e. The Bertz CT molecular complexity index is 1460. The van der Waals surface area contributed by atoms with Gasteiger partial charge in [0.05, 0.1) is 24.0 Å². The number of hydrogen-bond acceptors (Lipinski definition) is 5. The number of nitrogens with zero attached hydrogens (tertiary/aromatic N) is 3.